The van der Waals surface area contributed by atoms with Gasteiger partial charge in [0.1, 0.15) is 0 Å². The quantitative estimate of drug-likeness (QED) is 0.853. The van der Waals surface area contributed by atoms with Crippen LogP contribution in [0.3, 0.4) is 0 Å². The molecular weight excluding hydrogens is 276 g/mol. The van der Waals surface area contributed by atoms with Crippen LogP contribution in [0.2, 0.25) is 0 Å². The van der Waals surface area contributed by atoms with Gasteiger partial charge in [0.05, 0.1) is 0 Å². The Bertz CT molecular complexity index is 413. The number of nitrogens with one attached hydrogen (secondary N) is 1. The summed E-state index contributed by atoms with van der Waals surface area (Å²) in [6.45, 7) is 8.44. The molecule has 1 aromatic rings. The van der Waals surface area contributed by atoms with Gasteiger partial charge in [-0.25, -0.2) is 0 Å². The van der Waals surface area contributed by atoms with E-state index in [9.17, 15) is 0 Å². The van der Waals surface area contributed by atoms with Crippen LogP contribution in [0.1, 0.15) is 44.9 Å². The van der Waals surface area contributed by atoms with Gasteiger partial charge in [-0.1, -0.05) is 19.9 Å². The van der Waals surface area contributed by atoms with E-state index >= 15 is 0 Å². The number of rotatable bonds is 6. The lowest BCUT2D eigenvalue weighted by atomic mass is 9.69. The smallest absolute Gasteiger partial charge is 0.0112 e. The number of thiophene rings is 1. The Morgan fingerprint density at radius 2 is 2.24 bits per heavy atom. The maximum Gasteiger partial charge on any atom is 0.0112 e. The number of nitrogens with zero attached hydrogens (tertiary/aromatic N) is 1. The molecule has 1 fully saturated rings. The maximum atomic E-state index is 3.56. The Hall–Kier alpha value is -0.380. The van der Waals surface area contributed by atoms with Gasteiger partial charge in [0.2, 0.25) is 0 Å². The van der Waals surface area contributed by atoms with Gasteiger partial charge in [-0.05, 0) is 69.5 Å². The molecule has 2 nitrogen and oxygen atoms in total. The predicted molar refractivity (Wildman–Crippen MR) is 94.1 cm³/mol. The normalized spacial score (nSPS) is 27.0. The number of hydrogen-bond acceptors (Lipinski definition) is 3. The second-order valence-electron chi connectivity index (χ2n) is 7.63. The van der Waals surface area contributed by atoms with Crippen molar-refractivity contribution in [1.82, 2.24) is 10.2 Å². The average Bonchev–Trinajstić information content (AvgIpc) is 2.91. The van der Waals surface area contributed by atoms with Crippen LogP contribution < -0.4 is 5.32 Å². The highest BCUT2D eigenvalue weighted by molar-refractivity contribution is 7.09. The van der Waals surface area contributed by atoms with E-state index in [0.717, 1.165) is 5.92 Å². The molecule has 0 aliphatic heterocycles. The second-order valence-corrected chi connectivity index (χ2v) is 8.67. The van der Waals surface area contributed by atoms with Crippen molar-refractivity contribution in [2.75, 3.05) is 20.6 Å². The minimum Gasteiger partial charge on any atom is -0.317 e. The third kappa shape index (κ3) is 4.80. The van der Waals surface area contributed by atoms with Crippen molar-refractivity contribution >= 4 is 11.3 Å². The largest absolute Gasteiger partial charge is 0.317 e. The van der Waals surface area contributed by atoms with E-state index in [1.807, 2.05) is 11.3 Å². The van der Waals surface area contributed by atoms with E-state index < -0.39 is 0 Å². The van der Waals surface area contributed by atoms with E-state index in [0.29, 0.717) is 17.5 Å². The zero-order valence-corrected chi connectivity index (χ0v) is 15.2. The van der Waals surface area contributed by atoms with Crippen LogP contribution >= 0.6 is 11.3 Å². The van der Waals surface area contributed by atoms with Crippen LogP contribution in [0, 0.1) is 11.3 Å². The first-order valence-corrected chi connectivity index (χ1v) is 9.19. The molecule has 1 heterocycles. The van der Waals surface area contributed by atoms with Crippen LogP contribution in [0.15, 0.2) is 17.5 Å². The Morgan fingerprint density at radius 1 is 1.48 bits per heavy atom. The van der Waals surface area contributed by atoms with E-state index in [1.54, 1.807) is 0 Å². The molecule has 3 heteroatoms. The zero-order valence-electron chi connectivity index (χ0n) is 14.4. The summed E-state index contributed by atoms with van der Waals surface area (Å²) in [5.41, 5.74) is 0.510. The van der Waals surface area contributed by atoms with Crippen molar-refractivity contribution < 1.29 is 0 Å². The Morgan fingerprint density at radius 3 is 2.86 bits per heavy atom. The monoisotopic (exact) mass is 308 g/mol. The molecular formula is C18H32N2S. The van der Waals surface area contributed by atoms with Crippen molar-refractivity contribution in [2.45, 2.75) is 58.5 Å². The van der Waals surface area contributed by atoms with Crippen molar-refractivity contribution in [3.05, 3.63) is 22.4 Å². The number of hydrogen-bond donors (Lipinski definition) is 1. The molecule has 0 aromatic carbocycles. The summed E-state index contributed by atoms with van der Waals surface area (Å²) in [7, 11) is 4.43. The summed E-state index contributed by atoms with van der Waals surface area (Å²) in [5, 5.41) is 5.74. The summed E-state index contributed by atoms with van der Waals surface area (Å²) in [5.74, 6) is 0.773. The molecule has 2 rings (SSSR count). The molecule has 3 unspecified atom stereocenters. The molecule has 21 heavy (non-hydrogen) atoms. The molecule has 1 saturated carbocycles. The fourth-order valence-electron chi connectivity index (χ4n) is 3.73. The van der Waals surface area contributed by atoms with E-state index in [1.165, 1.54) is 37.1 Å². The molecule has 1 aromatic heterocycles. The van der Waals surface area contributed by atoms with Gasteiger partial charge >= 0.3 is 0 Å². The molecule has 0 radical (unpaired) electrons. The highest BCUT2D eigenvalue weighted by Crippen LogP contribution is 2.39. The molecule has 1 N–H and O–H groups in total. The van der Waals surface area contributed by atoms with Gasteiger partial charge in [0.15, 0.2) is 0 Å². The summed E-state index contributed by atoms with van der Waals surface area (Å²) < 4.78 is 0. The third-order valence-electron chi connectivity index (χ3n) is 5.24. The first kappa shape index (κ1) is 17.0. The fraction of sp³-hybridized carbons (Fsp3) is 0.778. The highest BCUT2D eigenvalue weighted by Gasteiger charge is 2.34. The van der Waals surface area contributed by atoms with Crippen LogP contribution in [-0.4, -0.2) is 37.6 Å². The summed E-state index contributed by atoms with van der Waals surface area (Å²) in [6.07, 6.45) is 5.19. The lowest BCUT2D eigenvalue weighted by Gasteiger charge is -2.43. The molecule has 0 spiro atoms. The number of likely N-dealkylation sites (N-methyl/N-ethyl adjacent to an activating group) is 1. The molecule has 1 aliphatic rings. The van der Waals surface area contributed by atoms with E-state index in [-0.39, 0.29) is 0 Å². The first-order chi connectivity index (χ1) is 9.91. The lowest BCUT2D eigenvalue weighted by molar-refractivity contribution is 0.0997. The van der Waals surface area contributed by atoms with E-state index in [4.69, 9.17) is 0 Å². The fourth-order valence-corrected chi connectivity index (χ4v) is 4.56. The second kappa shape index (κ2) is 7.26. The van der Waals surface area contributed by atoms with Gasteiger partial charge in [0, 0.05) is 23.5 Å². The summed E-state index contributed by atoms with van der Waals surface area (Å²) in [6, 6.07) is 5.73. The van der Waals surface area contributed by atoms with Crippen LogP contribution in [-0.2, 0) is 6.42 Å². The standard InChI is InChI=1S/C18H32N2S/c1-14(11-16-7-6-10-21-16)20(5)13-15-12-18(2,3)9-8-17(15)19-4/h6-7,10,14-15,17,19H,8-9,11-13H2,1-5H3. The lowest BCUT2D eigenvalue weighted by Crippen LogP contribution is -2.47. The van der Waals surface area contributed by atoms with Crippen molar-refractivity contribution in [3.63, 3.8) is 0 Å². The Balaban J connectivity index is 1.91. The maximum absolute atomic E-state index is 3.56. The highest BCUT2D eigenvalue weighted by atomic mass is 32.1. The topological polar surface area (TPSA) is 15.3 Å². The molecule has 1 aliphatic carbocycles. The average molecular weight is 309 g/mol. The Kier molecular flexibility index (Phi) is 5.87. The van der Waals surface area contributed by atoms with Crippen LogP contribution in [0.5, 0.6) is 0 Å². The SMILES string of the molecule is CNC1CCC(C)(C)CC1CN(C)C(C)Cc1cccs1. The molecule has 120 valence electrons. The minimum absolute atomic E-state index is 0.510. The third-order valence-corrected chi connectivity index (χ3v) is 6.14. The minimum atomic E-state index is 0.510. The van der Waals surface area contributed by atoms with Crippen molar-refractivity contribution in [3.8, 4) is 0 Å². The molecule has 3 atom stereocenters. The van der Waals surface area contributed by atoms with Gasteiger partial charge < -0.3 is 10.2 Å². The van der Waals surface area contributed by atoms with Gasteiger partial charge in [-0.3, -0.25) is 0 Å². The van der Waals surface area contributed by atoms with Crippen molar-refractivity contribution in [2.24, 2.45) is 11.3 Å². The first-order valence-electron chi connectivity index (χ1n) is 8.31. The van der Waals surface area contributed by atoms with Crippen molar-refractivity contribution in [1.29, 1.82) is 0 Å². The van der Waals surface area contributed by atoms with E-state index in [2.05, 4.69) is 62.6 Å². The van der Waals surface area contributed by atoms with Gasteiger partial charge in [0.25, 0.3) is 0 Å². The van der Waals surface area contributed by atoms with Crippen LogP contribution in [0.4, 0.5) is 0 Å². The predicted octanol–water partition coefficient (Wildman–Crippen LogP) is 4.03. The summed E-state index contributed by atoms with van der Waals surface area (Å²) >= 11 is 1.88. The summed E-state index contributed by atoms with van der Waals surface area (Å²) in [4.78, 5) is 4.07. The van der Waals surface area contributed by atoms with Gasteiger partial charge in [-0.2, -0.15) is 0 Å². The van der Waals surface area contributed by atoms with Gasteiger partial charge in [-0.15, -0.1) is 11.3 Å². The zero-order chi connectivity index (χ0) is 15.5. The molecule has 0 bridgehead atoms. The Labute approximate surface area is 134 Å². The van der Waals surface area contributed by atoms with Crippen LogP contribution in [0.25, 0.3) is 0 Å². The molecule has 0 amide bonds. The molecule has 0 saturated heterocycles.